The van der Waals surface area contributed by atoms with Gasteiger partial charge >= 0.3 is 0 Å². The molecule has 0 radical (unpaired) electrons. The Kier molecular flexibility index (Phi) is 13.7. The van der Waals surface area contributed by atoms with Crippen LogP contribution in [0, 0.1) is 5.92 Å². The van der Waals surface area contributed by atoms with Crippen LogP contribution in [0.4, 0.5) is 22.7 Å². The highest BCUT2D eigenvalue weighted by Gasteiger charge is 2.53. The summed E-state index contributed by atoms with van der Waals surface area (Å²) < 4.78 is 0. The summed E-state index contributed by atoms with van der Waals surface area (Å²) in [5.41, 5.74) is 26.1. The van der Waals surface area contributed by atoms with Crippen molar-refractivity contribution >= 4 is 22.7 Å². The molecule has 8 aromatic carbocycles. The summed E-state index contributed by atoms with van der Waals surface area (Å²) in [5.74, 6) is 0.824. The molecule has 13 rings (SSSR count). The van der Waals surface area contributed by atoms with E-state index in [9.17, 15) is 0 Å². The van der Waals surface area contributed by atoms with Crippen molar-refractivity contribution < 1.29 is 0 Å². The largest absolute Gasteiger partial charge is 0.356 e. The number of benzene rings is 8. The topological polar surface area (TPSA) is 24.1 Å². The molecule has 0 bridgehead atoms. The van der Waals surface area contributed by atoms with Crippen LogP contribution in [0.5, 0.6) is 0 Å². The lowest BCUT2D eigenvalue weighted by molar-refractivity contribution is 0.264. The lowest BCUT2D eigenvalue weighted by Crippen LogP contribution is -2.32. The van der Waals surface area contributed by atoms with Gasteiger partial charge in [-0.1, -0.05) is 258 Å². The molecule has 0 saturated heterocycles. The molecule has 0 aliphatic heterocycles. The standard InChI is InChI=1S/C78H82N2/c1-7-9-11-13-15-25-47-77(48-26-16-14-12-10-8-2)69-33-23-19-29-61(69)65-52-74-66(51-73(65)77)62-30-20-24-34-70(62)78(74,53-35-39-55(40-36-53)79-57-43-45-63-59-27-17-21-31-67(59)75(3,4)71(63)49-57)54-37-41-56(42-38-54)80-58-44-46-64-60-28-18-22-32-68(60)76(5,6)72(64)50-58/h17-24,27-46,49-52,61,69,79-80H,7-16,25-26,47-48H2,1-6H3. The predicted octanol–water partition coefficient (Wildman–Crippen LogP) is 21.7. The normalized spacial score (nSPS) is 18.1. The van der Waals surface area contributed by atoms with E-state index >= 15 is 0 Å². The number of nitrogens with one attached hydrogen (secondary N) is 2. The quantitative estimate of drug-likeness (QED) is 0.0744. The first-order valence-electron chi connectivity index (χ1n) is 31.0. The second-order valence-electron chi connectivity index (χ2n) is 25.6. The summed E-state index contributed by atoms with van der Waals surface area (Å²) in [7, 11) is 0. The Morgan fingerprint density at radius 3 is 1.29 bits per heavy atom. The number of hydrogen-bond donors (Lipinski definition) is 2. The van der Waals surface area contributed by atoms with Crippen molar-refractivity contribution in [3.63, 3.8) is 0 Å². The van der Waals surface area contributed by atoms with Crippen LogP contribution in [0.15, 0.2) is 194 Å². The number of rotatable bonds is 20. The van der Waals surface area contributed by atoms with Gasteiger partial charge in [-0.05, 0) is 162 Å². The smallest absolute Gasteiger partial charge is 0.0713 e. The first-order valence-corrected chi connectivity index (χ1v) is 31.0. The van der Waals surface area contributed by atoms with Gasteiger partial charge < -0.3 is 10.6 Å². The minimum Gasteiger partial charge on any atom is -0.356 e. The summed E-state index contributed by atoms with van der Waals surface area (Å²) in [4.78, 5) is 0. The van der Waals surface area contributed by atoms with Gasteiger partial charge in [-0.15, -0.1) is 0 Å². The third-order valence-electron chi connectivity index (χ3n) is 20.2. The van der Waals surface area contributed by atoms with Crippen LogP contribution in [0.2, 0.25) is 0 Å². The molecular weight excluding hydrogens is 965 g/mol. The van der Waals surface area contributed by atoms with Gasteiger partial charge in [-0.3, -0.25) is 0 Å². The van der Waals surface area contributed by atoms with E-state index in [2.05, 4.69) is 246 Å². The van der Waals surface area contributed by atoms with Gasteiger partial charge in [0, 0.05) is 44.9 Å². The minimum absolute atomic E-state index is 0.0646. The minimum atomic E-state index is -0.557. The van der Waals surface area contributed by atoms with Gasteiger partial charge in [-0.25, -0.2) is 0 Å². The first kappa shape index (κ1) is 52.2. The Morgan fingerprint density at radius 1 is 0.350 bits per heavy atom. The number of fused-ring (bicyclic) bond motifs is 12. The lowest BCUT2D eigenvalue weighted by Gasteiger charge is -2.38. The van der Waals surface area contributed by atoms with E-state index < -0.39 is 5.41 Å². The van der Waals surface area contributed by atoms with Crippen molar-refractivity contribution in [2.45, 2.75) is 159 Å². The van der Waals surface area contributed by atoms with Crippen molar-refractivity contribution in [3.05, 3.63) is 250 Å². The lowest BCUT2D eigenvalue weighted by atomic mass is 9.65. The maximum atomic E-state index is 3.88. The third-order valence-corrected chi connectivity index (χ3v) is 20.2. The molecule has 2 N–H and O–H groups in total. The van der Waals surface area contributed by atoms with Crippen molar-refractivity contribution in [2.75, 3.05) is 10.6 Å². The fraction of sp³-hybridized carbons (Fsp3) is 0.333. The second kappa shape index (κ2) is 21.1. The van der Waals surface area contributed by atoms with Gasteiger partial charge in [-0.2, -0.15) is 0 Å². The van der Waals surface area contributed by atoms with Crippen molar-refractivity contribution in [3.8, 4) is 33.4 Å². The molecule has 0 aromatic heterocycles. The molecule has 80 heavy (non-hydrogen) atoms. The van der Waals surface area contributed by atoms with Gasteiger partial charge in [0.05, 0.1) is 5.41 Å². The van der Waals surface area contributed by atoms with Crippen LogP contribution in [0.3, 0.4) is 0 Å². The molecule has 0 heterocycles. The SMILES string of the molecule is CCCCCCCCC1(CCCCCCCC)c2cc3c(cc2C2C=CC=CC21)C(c1ccc(Nc2ccc4c(c2)C(C)(C)c2ccccc2-4)cc1)(c1ccc(Nc2ccc4c(c2)C(C)(C)c2ccccc2-4)cc1)c1ccccc1-3. The zero-order valence-electron chi connectivity index (χ0n) is 48.5. The molecule has 5 aliphatic carbocycles. The first-order chi connectivity index (χ1) is 39.1. The molecule has 5 aliphatic rings. The van der Waals surface area contributed by atoms with Crippen LogP contribution < -0.4 is 10.6 Å². The Bertz CT molecular complexity index is 3490. The van der Waals surface area contributed by atoms with Crippen molar-refractivity contribution in [1.29, 1.82) is 0 Å². The predicted molar refractivity (Wildman–Crippen MR) is 340 cm³/mol. The summed E-state index contributed by atoms with van der Waals surface area (Å²) in [5, 5.41) is 7.75. The fourth-order valence-electron chi connectivity index (χ4n) is 16.1. The Balaban J connectivity index is 0.917. The number of allylic oxidation sites excluding steroid dienone is 4. The molecule has 2 nitrogen and oxygen atoms in total. The molecule has 2 unspecified atom stereocenters. The number of unbranched alkanes of at least 4 members (excludes halogenated alkanes) is 10. The van der Waals surface area contributed by atoms with Crippen LogP contribution in [-0.4, -0.2) is 0 Å². The fourth-order valence-corrected chi connectivity index (χ4v) is 16.1. The molecule has 404 valence electrons. The zero-order chi connectivity index (χ0) is 54.6. The molecule has 2 atom stereocenters. The van der Waals surface area contributed by atoms with E-state index in [1.807, 2.05) is 0 Å². The number of anilines is 4. The van der Waals surface area contributed by atoms with Gasteiger partial charge in [0.1, 0.15) is 0 Å². The zero-order valence-corrected chi connectivity index (χ0v) is 48.5. The van der Waals surface area contributed by atoms with Crippen LogP contribution in [-0.2, 0) is 21.7 Å². The monoisotopic (exact) mass is 1050 g/mol. The summed E-state index contributed by atoms with van der Waals surface area (Å²) in [6.45, 7) is 14.1. The third kappa shape index (κ3) is 8.57. The molecule has 0 saturated carbocycles. The molecule has 0 amide bonds. The van der Waals surface area contributed by atoms with E-state index in [0.717, 1.165) is 22.7 Å². The average Bonchev–Trinajstić information content (AvgIpc) is 4.15. The highest BCUT2D eigenvalue weighted by Crippen LogP contribution is 2.64. The van der Waals surface area contributed by atoms with E-state index in [0.29, 0.717) is 11.8 Å². The summed E-state index contributed by atoms with van der Waals surface area (Å²) in [6, 6.07) is 65.8. The summed E-state index contributed by atoms with van der Waals surface area (Å²) in [6.07, 6.45) is 28.4. The van der Waals surface area contributed by atoms with E-state index in [1.165, 1.54) is 168 Å². The molecule has 0 spiro atoms. The van der Waals surface area contributed by atoms with Crippen LogP contribution in [0.1, 0.15) is 193 Å². The Hall–Kier alpha value is -7.16. The molecule has 2 heteroatoms. The van der Waals surface area contributed by atoms with Crippen molar-refractivity contribution in [2.24, 2.45) is 5.92 Å². The highest BCUT2D eigenvalue weighted by atomic mass is 14.9. The summed E-state index contributed by atoms with van der Waals surface area (Å²) >= 11 is 0. The van der Waals surface area contributed by atoms with Gasteiger partial charge in [0.2, 0.25) is 0 Å². The second-order valence-corrected chi connectivity index (χ2v) is 25.6. The average molecular weight is 1050 g/mol. The van der Waals surface area contributed by atoms with E-state index in [1.54, 1.807) is 11.1 Å². The van der Waals surface area contributed by atoms with E-state index in [4.69, 9.17) is 0 Å². The Morgan fingerprint density at radius 2 is 0.775 bits per heavy atom. The van der Waals surface area contributed by atoms with Gasteiger partial charge in [0.15, 0.2) is 0 Å². The molecular formula is C78H82N2. The van der Waals surface area contributed by atoms with Gasteiger partial charge in [0.25, 0.3) is 0 Å². The maximum absolute atomic E-state index is 3.88. The maximum Gasteiger partial charge on any atom is 0.0713 e. The molecule has 0 fully saturated rings. The van der Waals surface area contributed by atoms with Crippen molar-refractivity contribution in [1.82, 2.24) is 0 Å². The molecule has 8 aromatic rings. The van der Waals surface area contributed by atoms with Crippen LogP contribution >= 0.6 is 0 Å². The van der Waals surface area contributed by atoms with Crippen LogP contribution in [0.25, 0.3) is 33.4 Å². The Labute approximate surface area is 478 Å². The van der Waals surface area contributed by atoms with E-state index in [-0.39, 0.29) is 16.2 Å². The number of hydrogen-bond acceptors (Lipinski definition) is 2. The highest BCUT2D eigenvalue weighted by molar-refractivity contribution is 5.89.